The summed E-state index contributed by atoms with van der Waals surface area (Å²) in [6, 6.07) is 8.98. The van der Waals surface area contributed by atoms with E-state index < -0.39 is 13.5 Å². The molecule has 0 atom stereocenters. The Bertz CT molecular complexity index is 1830. The van der Waals surface area contributed by atoms with E-state index in [9.17, 15) is 4.79 Å². The molecule has 0 unspecified atom stereocenters. The fourth-order valence-corrected chi connectivity index (χ4v) is 6.50. The predicted octanol–water partition coefficient (Wildman–Crippen LogP) is 5.14. The van der Waals surface area contributed by atoms with Crippen LogP contribution in [0.2, 0.25) is 25.7 Å². The van der Waals surface area contributed by atoms with Crippen molar-refractivity contribution in [2.24, 2.45) is 0 Å². The second kappa shape index (κ2) is 9.21. The average Bonchev–Trinajstić information content (AvgIpc) is 3.47. The Morgan fingerprint density at radius 3 is 2.66 bits per heavy atom. The van der Waals surface area contributed by atoms with Gasteiger partial charge in [-0.3, -0.25) is 14.7 Å². The normalized spacial score (nSPS) is 15.8. The van der Waals surface area contributed by atoms with Crippen LogP contribution in [0.1, 0.15) is 24.1 Å². The van der Waals surface area contributed by atoms with E-state index in [2.05, 4.69) is 35.8 Å². The molecule has 1 saturated carbocycles. The number of carbonyl (C=O) groups is 1. The van der Waals surface area contributed by atoms with E-state index >= 15 is 0 Å². The van der Waals surface area contributed by atoms with Crippen LogP contribution in [-0.4, -0.2) is 63.8 Å². The zero-order chi connectivity index (χ0) is 28.5. The molecule has 11 heteroatoms. The average molecular weight is 568 g/mol. The maximum Gasteiger partial charge on any atom is 0.239 e. The Balaban J connectivity index is 1.31. The number of nitrogens with zero attached hydrogens (tertiary/aromatic N) is 7. The minimum absolute atomic E-state index is 0.119. The lowest BCUT2D eigenvalue weighted by Gasteiger charge is -2.21. The molecule has 5 aromatic rings. The SMILES string of the molecule is COc1cc2c(cc1-n1nc(C)c3cnc(-c4cnn5cccnc45)cc31)C1(CC1)C(=O)N2COCC[Si](C)(C)C. The van der Waals surface area contributed by atoms with Crippen molar-refractivity contribution >= 4 is 36.2 Å². The van der Waals surface area contributed by atoms with E-state index in [0.717, 1.165) is 69.3 Å². The molecule has 1 fully saturated rings. The Kier molecular flexibility index (Phi) is 5.81. The maximum absolute atomic E-state index is 13.7. The molecule has 1 aliphatic carbocycles. The first-order valence-corrected chi connectivity index (χ1v) is 17.7. The predicted molar refractivity (Wildman–Crippen MR) is 160 cm³/mol. The molecule has 1 aromatic carbocycles. The second-order valence-electron chi connectivity index (χ2n) is 12.2. The number of rotatable bonds is 8. The van der Waals surface area contributed by atoms with Crippen molar-refractivity contribution in [3.05, 3.63) is 60.3 Å². The van der Waals surface area contributed by atoms with Crippen LogP contribution in [0.15, 0.2) is 49.1 Å². The number of carbonyl (C=O) groups excluding carboxylic acids is 1. The maximum atomic E-state index is 13.7. The molecule has 210 valence electrons. The van der Waals surface area contributed by atoms with Crippen LogP contribution in [0.5, 0.6) is 5.75 Å². The minimum atomic E-state index is -1.23. The quantitative estimate of drug-likeness (QED) is 0.189. The van der Waals surface area contributed by atoms with Gasteiger partial charge in [0.15, 0.2) is 5.65 Å². The molecule has 2 aliphatic rings. The van der Waals surface area contributed by atoms with Crippen LogP contribution in [0.3, 0.4) is 0 Å². The molecule has 0 saturated heterocycles. The smallest absolute Gasteiger partial charge is 0.239 e. The summed E-state index contributed by atoms with van der Waals surface area (Å²) in [6.07, 6.45) is 8.92. The largest absolute Gasteiger partial charge is 0.494 e. The molecule has 5 heterocycles. The lowest BCUT2D eigenvalue weighted by molar-refractivity contribution is -0.121. The van der Waals surface area contributed by atoms with Crippen molar-refractivity contribution in [3.63, 3.8) is 0 Å². The second-order valence-corrected chi connectivity index (χ2v) is 17.9. The van der Waals surface area contributed by atoms with Gasteiger partial charge in [-0.1, -0.05) is 19.6 Å². The van der Waals surface area contributed by atoms with Crippen molar-refractivity contribution in [2.75, 3.05) is 25.3 Å². The molecule has 10 nitrogen and oxygen atoms in total. The summed E-state index contributed by atoms with van der Waals surface area (Å²) >= 11 is 0. The lowest BCUT2D eigenvalue weighted by Crippen LogP contribution is -2.34. The highest BCUT2D eigenvalue weighted by molar-refractivity contribution is 6.76. The molecule has 1 aliphatic heterocycles. The first-order chi connectivity index (χ1) is 19.7. The number of benzene rings is 1. The molecule has 0 N–H and O–H groups in total. The lowest BCUT2D eigenvalue weighted by atomic mass is 9.97. The van der Waals surface area contributed by atoms with E-state index in [4.69, 9.17) is 19.6 Å². The molecular formula is C30H33N7O3Si. The number of aromatic nitrogens is 6. The summed E-state index contributed by atoms with van der Waals surface area (Å²) in [5, 5.41) is 10.3. The highest BCUT2D eigenvalue weighted by Gasteiger charge is 2.59. The van der Waals surface area contributed by atoms with E-state index in [-0.39, 0.29) is 12.6 Å². The fraction of sp³-hybridized carbons (Fsp3) is 0.367. The number of hydrogen-bond acceptors (Lipinski definition) is 7. The molecule has 1 spiro atoms. The van der Waals surface area contributed by atoms with Crippen LogP contribution in [0.4, 0.5) is 5.69 Å². The third-order valence-electron chi connectivity index (χ3n) is 8.26. The van der Waals surface area contributed by atoms with Gasteiger partial charge >= 0.3 is 0 Å². The van der Waals surface area contributed by atoms with E-state index in [1.54, 1.807) is 28.9 Å². The van der Waals surface area contributed by atoms with Crippen LogP contribution in [-0.2, 0) is 14.9 Å². The summed E-state index contributed by atoms with van der Waals surface area (Å²) in [4.78, 5) is 24.7. The first kappa shape index (κ1) is 25.8. The summed E-state index contributed by atoms with van der Waals surface area (Å²) < 4.78 is 15.6. The Labute approximate surface area is 238 Å². The number of ether oxygens (including phenoxy) is 2. The van der Waals surface area contributed by atoms with Gasteiger partial charge in [0.25, 0.3) is 0 Å². The number of methoxy groups -OCH3 is 1. The van der Waals surface area contributed by atoms with Gasteiger partial charge in [-0.2, -0.15) is 10.2 Å². The number of pyridine rings is 1. The van der Waals surface area contributed by atoms with E-state index in [1.165, 1.54) is 0 Å². The molecule has 0 bridgehead atoms. The van der Waals surface area contributed by atoms with Crippen molar-refractivity contribution < 1.29 is 14.3 Å². The van der Waals surface area contributed by atoms with E-state index in [0.29, 0.717) is 12.4 Å². The molecule has 41 heavy (non-hydrogen) atoms. The van der Waals surface area contributed by atoms with Crippen molar-refractivity contribution in [2.45, 2.75) is 50.9 Å². The van der Waals surface area contributed by atoms with Gasteiger partial charge in [-0.05, 0) is 49.6 Å². The van der Waals surface area contributed by atoms with Crippen molar-refractivity contribution in [1.29, 1.82) is 0 Å². The summed E-state index contributed by atoms with van der Waals surface area (Å²) in [7, 11) is 0.427. The third-order valence-corrected chi connectivity index (χ3v) is 9.96. The molecule has 7 rings (SSSR count). The zero-order valence-corrected chi connectivity index (χ0v) is 25.0. The van der Waals surface area contributed by atoms with Gasteiger partial charge < -0.3 is 9.47 Å². The van der Waals surface area contributed by atoms with Gasteiger partial charge in [0, 0.05) is 44.7 Å². The fourth-order valence-electron chi connectivity index (χ4n) is 5.74. The van der Waals surface area contributed by atoms with Gasteiger partial charge in [0.05, 0.1) is 46.9 Å². The van der Waals surface area contributed by atoms with E-state index in [1.807, 2.05) is 42.2 Å². The highest BCUT2D eigenvalue weighted by atomic mass is 28.3. The summed E-state index contributed by atoms with van der Waals surface area (Å²) in [5.74, 6) is 0.759. The van der Waals surface area contributed by atoms with Gasteiger partial charge in [-0.25, -0.2) is 14.2 Å². The highest BCUT2D eigenvalue weighted by Crippen LogP contribution is 2.58. The molecular weight excluding hydrogens is 534 g/mol. The Morgan fingerprint density at radius 2 is 1.90 bits per heavy atom. The Hall–Kier alpha value is -4.09. The van der Waals surface area contributed by atoms with Crippen LogP contribution in [0, 0.1) is 6.92 Å². The molecule has 4 aromatic heterocycles. The number of hydrogen-bond donors (Lipinski definition) is 0. The van der Waals surface area contributed by atoms with Crippen LogP contribution in [0.25, 0.3) is 33.5 Å². The zero-order valence-electron chi connectivity index (χ0n) is 24.0. The van der Waals surface area contributed by atoms with Crippen molar-refractivity contribution in [1.82, 2.24) is 29.4 Å². The summed E-state index contributed by atoms with van der Waals surface area (Å²) in [6.45, 7) is 9.87. The third kappa shape index (κ3) is 4.14. The van der Waals surface area contributed by atoms with Crippen LogP contribution >= 0.6 is 0 Å². The van der Waals surface area contributed by atoms with Gasteiger partial charge in [-0.15, -0.1) is 0 Å². The first-order valence-electron chi connectivity index (χ1n) is 14.0. The minimum Gasteiger partial charge on any atom is -0.494 e. The monoisotopic (exact) mass is 567 g/mol. The standard InChI is InChI=1S/C30H33N7O3Si/c1-19-20-16-32-23(21-17-33-36-10-6-9-31-28(21)36)14-24(20)37(34-19)26-13-22-25(15-27(26)39-2)35(29(38)30(22)7-8-30)18-40-11-12-41(3,4)5/h6,9-10,13-17H,7-8,11-12,18H2,1-5H3. The van der Waals surface area contributed by atoms with Gasteiger partial charge in [0.2, 0.25) is 5.91 Å². The Morgan fingerprint density at radius 1 is 1.07 bits per heavy atom. The topological polar surface area (TPSA) is 99.7 Å². The summed E-state index contributed by atoms with van der Waals surface area (Å²) in [5.41, 5.74) is 6.28. The van der Waals surface area contributed by atoms with Crippen molar-refractivity contribution in [3.8, 4) is 22.7 Å². The number of fused-ring (bicyclic) bond motifs is 4. The number of anilines is 1. The molecule has 1 amide bonds. The van der Waals surface area contributed by atoms with Gasteiger partial charge in [0.1, 0.15) is 18.2 Å². The van der Waals surface area contributed by atoms with Crippen LogP contribution < -0.4 is 9.64 Å². The number of aryl methyl sites for hydroxylation is 1. The number of amides is 1. The molecule has 0 radical (unpaired) electrons.